The maximum absolute atomic E-state index is 12.0. The number of aryl methyl sites for hydroxylation is 1. The highest BCUT2D eigenvalue weighted by Crippen LogP contribution is 2.17. The number of piperidine rings is 1. The van der Waals surface area contributed by atoms with E-state index in [1.54, 1.807) is 7.11 Å². The smallest absolute Gasteiger partial charge is 0.220 e. The zero-order valence-corrected chi connectivity index (χ0v) is 14.7. The second kappa shape index (κ2) is 8.92. The fourth-order valence-electron chi connectivity index (χ4n) is 3.00. The van der Waals surface area contributed by atoms with Crippen molar-refractivity contribution in [1.29, 1.82) is 0 Å². The SMILES string of the molecule is COc1ccc(CCC(=O)NCC(C)N2CCC(C)CC2)cc1. The average Bonchev–Trinajstić information content (AvgIpc) is 2.59. The molecule has 1 aromatic carbocycles. The molecule has 1 atom stereocenters. The van der Waals surface area contributed by atoms with E-state index in [0.29, 0.717) is 12.5 Å². The first-order chi connectivity index (χ1) is 11.1. The van der Waals surface area contributed by atoms with Gasteiger partial charge in [-0.05, 0) is 62.9 Å². The molecule has 0 bridgehead atoms. The van der Waals surface area contributed by atoms with Gasteiger partial charge < -0.3 is 10.1 Å². The molecule has 128 valence electrons. The molecule has 4 nitrogen and oxygen atoms in total. The van der Waals surface area contributed by atoms with Crippen LogP contribution in [0.25, 0.3) is 0 Å². The van der Waals surface area contributed by atoms with Gasteiger partial charge >= 0.3 is 0 Å². The highest BCUT2D eigenvalue weighted by molar-refractivity contribution is 5.76. The molecule has 1 aliphatic heterocycles. The third kappa shape index (κ3) is 5.87. The van der Waals surface area contributed by atoms with E-state index in [1.165, 1.54) is 18.4 Å². The van der Waals surface area contributed by atoms with Gasteiger partial charge in [0.25, 0.3) is 0 Å². The van der Waals surface area contributed by atoms with Crippen LogP contribution in [-0.4, -0.2) is 43.6 Å². The summed E-state index contributed by atoms with van der Waals surface area (Å²) < 4.78 is 5.14. The van der Waals surface area contributed by atoms with Crippen LogP contribution in [0.3, 0.4) is 0 Å². The van der Waals surface area contributed by atoms with Gasteiger partial charge in [0.15, 0.2) is 0 Å². The average molecular weight is 318 g/mol. The second-order valence-corrected chi connectivity index (χ2v) is 6.72. The molecule has 2 rings (SSSR count). The van der Waals surface area contributed by atoms with E-state index >= 15 is 0 Å². The summed E-state index contributed by atoms with van der Waals surface area (Å²) in [6.07, 6.45) is 3.85. The molecule has 1 fully saturated rings. The van der Waals surface area contributed by atoms with Crippen LogP contribution in [0.5, 0.6) is 5.75 Å². The molecule has 1 aliphatic rings. The fourth-order valence-corrected chi connectivity index (χ4v) is 3.00. The van der Waals surface area contributed by atoms with Crippen molar-refractivity contribution in [2.24, 2.45) is 5.92 Å². The number of rotatable bonds is 7. The summed E-state index contributed by atoms with van der Waals surface area (Å²) in [7, 11) is 1.66. The minimum Gasteiger partial charge on any atom is -0.497 e. The van der Waals surface area contributed by atoms with Crippen molar-refractivity contribution in [2.45, 2.75) is 45.6 Å². The largest absolute Gasteiger partial charge is 0.497 e. The summed E-state index contributed by atoms with van der Waals surface area (Å²) >= 11 is 0. The van der Waals surface area contributed by atoms with Crippen LogP contribution in [0.4, 0.5) is 0 Å². The molecule has 0 aliphatic carbocycles. The van der Waals surface area contributed by atoms with Gasteiger partial charge in [-0.2, -0.15) is 0 Å². The zero-order valence-electron chi connectivity index (χ0n) is 14.7. The molecule has 1 saturated heterocycles. The number of carbonyl (C=O) groups is 1. The van der Waals surface area contributed by atoms with Crippen LogP contribution in [0, 0.1) is 5.92 Å². The van der Waals surface area contributed by atoms with Crippen molar-refractivity contribution in [3.8, 4) is 5.75 Å². The first kappa shape index (κ1) is 17.8. The first-order valence-corrected chi connectivity index (χ1v) is 8.72. The standard InChI is InChI=1S/C19H30N2O2/c1-15-10-12-21(13-11-15)16(2)14-20-19(22)9-6-17-4-7-18(23-3)8-5-17/h4-5,7-8,15-16H,6,9-14H2,1-3H3,(H,20,22). The van der Waals surface area contributed by atoms with Crippen LogP contribution in [0.2, 0.25) is 0 Å². The van der Waals surface area contributed by atoms with Gasteiger partial charge in [-0.25, -0.2) is 0 Å². The number of carbonyl (C=O) groups excluding carboxylic acids is 1. The number of likely N-dealkylation sites (tertiary alicyclic amines) is 1. The Balaban J connectivity index is 1.66. The Morgan fingerprint density at radius 2 is 1.96 bits per heavy atom. The van der Waals surface area contributed by atoms with Crippen molar-refractivity contribution in [3.05, 3.63) is 29.8 Å². The van der Waals surface area contributed by atoms with Gasteiger partial charge in [-0.3, -0.25) is 9.69 Å². The van der Waals surface area contributed by atoms with E-state index < -0.39 is 0 Å². The molecule has 1 heterocycles. The Hall–Kier alpha value is -1.55. The van der Waals surface area contributed by atoms with E-state index in [-0.39, 0.29) is 5.91 Å². The van der Waals surface area contributed by atoms with Crippen molar-refractivity contribution in [3.63, 3.8) is 0 Å². The highest BCUT2D eigenvalue weighted by Gasteiger charge is 2.20. The summed E-state index contributed by atoms with van der Waals surface area (Å²) in [6, 6.07) is 8.33. The van der Waals surface area contributed by atoms with Gasteiger partial charge in [0.1, 0.15) is 5.75 Å². The summed E-state index contributed by atoms with van der Waals surface area (Å²) in [6.45, 7) is 7.59. The Morgan fingerprint density at radius 1 is 1.30 bits per heavy atom. The predicted octanol–water partition coefficient (Wildman–Crippen LogP) is 2.86. The second-order valence-electron chi connectivity index (χ2n) is 6.72. The van der Waals surface area contributed by atoms with E-state index in [0.717, 1.165) is 37.7 Å². The predicted molar refractivity (Wildman–Crippen MR) is 93.8 cm³/mol. The van der Waals surface area contributed by atoms with Gasteiger partial charge in [0, 0.05) is 19.0 Å². The summed E-state index contributed by atoms with van der Waals surface area (Å²) in [5, 5.41) is 3.08. The Bertz CT molecular complexity index is 479. The lowest BCUT2D eigenvalue weighted by Gasteiger charge is -2.35. The number of hydrogen-bond donors (Lipinski definition) is 1. The Morgan fingerprint density at radius 3 is 2.57 bits per heavy atom. The van der Waals surface area contributed by atoms with E-state index in [4.69, 9.17) is 4.74 Å². The lowest BCUT2D eigenvalue weighted by Crippen LogP contribution is -2.45. The molecule has 4 heteroatoms. The summed E-state index contributed by atoms with van der Waals surface area (Å²) in [5.41, 5.74) is 1.17. The maximum atomic E-state index is 12.0. The monoisotopic (exact) mass is 318 g/mol. The molecule has 1 N–H and O–H groups in total. The van der Waals surface area contributed by atoms with Crippen LogP contribution in [0.15, 0.2) is 24.3 Å². The van der Waals surface area contributed by atoms with Crippen LogP contribution in [-0.2, 0) is 11.2 Å². The number of ether oxygens (including phenoxy) is 1. The van der Waals surface area contributed by atoms with Gasteiger partial charge in [-0.15, -0.1) is 0 Å². The van der Waals surface area contributed by atoms with Crippen molar-refractivity contribution < 1.29 is 9.53 Å². The Kier molecular flexibility index (Phi) is 6.90. The minimum absolute atomic E-state index is 0.137. The third-order valence-corrected chi connectivity index (χ3v) is 4.84. The number of nitrogens with zero attached hydrogens (tertiary/aromatic N) is 1. The Labute approximate surface area is 140 Å². The first-order valence-electron chi connectivity index (χ1n) is 8.72. The van der Waals surface area contributed by atoms with Crippen LogP contribution in [0.1, 0.15) is 38.7 Å². The molecule has 1 amide bonds. The molecular weight excluding hydrogens is 288 g/mol. The number of amides is 1. The number of nitrogens with one attached hydrogen (secondary N) is 1. The molecule has 0 spiro atoms. The van der Waals surface area contributed by atoms with E-state index in [2.05, 4.69) is 24.1 Å². The quantitative estimate of drug-likeness (QED) is 0.840. The number of hydrogen-bond acceptors (Lipinski definition) is 3. The number of benzene rings is 1. The third-order valence-electron chi connectivity index (χ3n) is 4.84. The summed E-state index contributed by atoms with van der Waals surface area (Å²) in [4.78, 5) is 14.5. The van der Waals surface area contributed by atoms with Crippen molar-refractivity contribution in [2.75, 3.05) is 26.7 Å². The molecule has 23 heavy (non-hydrogen) atoms. The summed E-state index contributed by atoms with van der Waals surface area (Å²) in [5.74, 6) is 1.83. The zero-order chi connectivity index (χ0) is 16.7. The topological polar surface area (TPSA) is 41.6 Å². The molecule has 1 aromatic rings. The normalized spacial score (nSPS) is 17.7. The molecule has 0 saturated carbocycles. The minimum atomic E-state index is 0.137. The lowest BCUT2D eigenvalue weighted by molar-refractivity contribution is -0.121. The molecule has 1 unspecified atom stereocenters. The highest BCUT2D eigenvalue weighted by atomic mass is 16.5. The van der Waals surface area contributed by atoms with E-state index in [9.17, 15) is 4.79 Å². The van der Waals surface area contributed by atoms with Gasteiger partial charge in [0.2, 0.25) is 5.91 Å². The van der Waals surface area contributed by atoms with Crippen molar-refractivity contribution in [1.82, 2.24) is 10.2 Å². The molecular formula is C19H30N2O2. The van der Waals surface area contributed by atoms with Gasteiger partial charge in [0.05, 0.1) is 7.11 Å². The molecule has 0 radical (unpaired) electrons. The fraction of sp³-hybridized carbons (Fsp3) is 0.632. The van der Waals surface area contributed by atoms with Crippen molar-refractivity contribution >= 4 is 5.91 Å². The maximum Gasteiger partial charge on any atom is 0.220 e. The van der Waals surface area contributed by atoms with E-state index in [1.807, 2.05) is 24.3 Å². The number of methoxy groups -OCH3 is 1. The molecule has 0 aromatic heterocycles. The lowest BCUT2D eigenvalue weighted by atomic mass is 9.98. The van der Waals surface area contributed by atoms with Gasteiger partial charge in [-0.1, -0.05) is 19.1 Å². The van der Waals surface area contributed by atoms with Crippen LogP contribution >= 0.6 is 0 Å². The van der Waals surface area contributed by atoms with Crippen LogP contribution < -0.4 is 10.1 Å².